The van der Waals surface area contributed by atoms with Crippen LogP contribution < -0.4 is 4.90 Å². The number of fused-ring (bicyclic) bond motifs is 1. The highest BCUT2D eigenvalue weighted by Gasteiger charge is 2.34. The zero-order valence-electron chi connectivity index (χ0n) is 13.0. The SMILES string of the molecule is CC1CCCC(N2CCCc3c(C(=O)O)cccc32)C1C. The lowest BCUT2D eigenvalue weighted by molar-refractivity contribution is 0.0695. The number of nitrogens with zero attached hydrogens (tertiary/aromatic N) is 1. The Bertz CT molecular complexity index is 540. The molecule has 114 valence electrons. The van der Waals surface area contributed by atoms with Gasteiger partial charge in [0.05, 0.1) is 5.56 Å². The molecule has 1 aliphatic carbocycles. The van der Waals surface area contributed by atoms with Crippen molar-refractivity contribution in [2.45, 2.75) is 52.0 Å². The number of carboxylic acid groups (broad SMARTS) is 1. The maximum absolute atomic E-state index is 11.5. The molecule has 0 bridgehead atoms. The molecule has 1 N–H and O–H groups in total. The van der Waals surface area contributed by atoms with Crippen LogP contribution in [0.2, 0.25) is 0 Å². The molecular weight excluding hydrogens is 262 g/mol. The number of hydrogen-bond acceptors (Lipinski definition) is 2. The van der Waals surface area contributed by atoms with Crippen LogP contribution in [0, 0.1) is 11.8 Å². The molecule has 0 amide bonds. The summed E-state index contributed by atoms with van der Waals surface area (Å²) in [4.78, 5) is 14.0. The summed E-state index contributed by atoms with van der Waals surface area (Å²) in [5.74, 6) is 0.647. The van der Waals surface area contributed by atoms with Gasteiger partial charge in [-0.3, -0.25) is 0 Å². The summed E-state index contributed by atoms with van der Waals surface area (Å²) in [5.41, 5.74) is 2.71. The van der Waals surface area contributed by atoms with Crippen LogP contribution >= 0.6 is 0 Å². The van der Waals surface area contributed by atoms with Crippen LogP contribution in [0.1, 0.15) is 55.5 Å². The van der Waals surface area contributed by atoms with Gasteiger partial charge in [-0.1, -0.05) is 32.8 Å². The molecule has 0 spiro atoms. The summed E-state index contributed by atoms with van der Waals surface area (Å²) in [6, 6.07) is 6.33. The second kappa shape index (κ2) is 5.70. The normalized spacial score (nSPS) is 29.0. The lowest BCUT2D eigenvalue weighted by Gasteiger charge is -2.45. The fourth-order valence-corrected chi connectivity index (χ4v) is 4.19. The molecule has 3 heteroatoms. The van der Waals surface area contributed by atoms with Gasteiger partial charge in [0.15, 0.2) is 0 Å². The number of hydrogen-bond donors (Lipinski definition) is 1. The largest absolute Gasteiger partial charge is 0.478 e. The monoisotopic (exact) mass is 287 g/mol. The minimum atomic E-state index is -0.793. The molecule has 1 aromatic carbocycles. The van der Waals surface area contributed by atoms with E-state index in [1.165, 1.54) is 24.9 Å². The Morgan fingerprint density at radius 2 is 2.05 bits per heavy atom. The van der Waals surface area contributed by atoms with E-state index in [9.17, 15) is 9.90 Å². The van der Waals surface area contributed by atoms with Crippen molar-refractivity contribution in [1.29, 1.82) is 0 Å². The smallest absolute Gasteiger partial charge is 0.336 e. The molecule has 3 nitrogen and oxygen atoms in total. The van der Waals surface area contributed by atoms with Gasteiger partial charge in [-0.15, -0.1) is 0 Å². The van der Waals surface area contributed by atoms with Gasteiger partial charge in [0, 0.05) is 18.3 Å². The van der Waals surface area contributed by atoms with E-state index < -0.39 is 5.97 Å². The van der Waals surface area contributed by atoms with E-state index in [1.807, 2.05) is 6.07 Å². The summed E-state index contributed by atoms with van der Waals surface area (Å²) >= 11 is 0. The van der Waals surface area contributed by atoms with Crippen LogP contribution in [0.5, 0.6) is 0 Å². The van der Waals surface area contributed by atoms with Crippen LogP contribution in [0.3, 0.4) is 0 Å². The van der Waals surface area contributed by atoms with E-state index in [-0.39, 0.29) is 0 Å². The summed E-state index contributed by atoms with van der Waals surface area (Å²) in [6.07, 6.45) is 5.82. The lowest BCUT2D eigenvalue weighted by atomic mass is 9.76. The van der Waals surface area contributed by atoms with E-state index in [0.29, 0.717) is 17.5 Å². The standard InChI is InChI=1S/C18H25NO2/c1-12-6-3-9-16(13(12)2)19-11-5-8-14-15(18(20)21)7-4-10-17(14)19/h4,7,10,12-13,16H,3,5-6,8-9,11H2,1-2H3,(H,20,21). The third-order valence-corrected chi connectivity index (χ3v) is 5.58. The zero-order valence-corrected chi connectivity index (χ0v) is 13.0. The van der Waals surface area contributed by atoms with E-state index in [0.717, 1.165) is 30.9 Å². The predicted octanol–water partition coefficient (Wildman–Crippen LogP) is 3.96. The van der Waals surface area contributed by atoms with Crippen molar-refractivity contribution >= 4 is 11.7 Å². The molecule has 3 rings (SSSR count). The molecule has 1 aromatic rings. The van der Waals surface area contributed by atoms with Gasteiger partial charge >= 0.3 is 5.97 Å². The second-order valence-electron chi connectivity index (χ2n) is 6.74. The van der Waals surface area contributed by atoms with E-state index in [2.05, 4.69) is 24.8 Å². The average Bonchev–Trinajstić information content (AvgIpc) is 2.49. The summed E-state index contributed by atoms with van der Waals surface area (Å²) in [5, 5.41) is 9.41. The first-order valence-electron chi connectivity index (χ1n) is 8.21. The van der Waals surface area contributed by atoms with Gasteiger partial charge in [-0.2, -0.15) is 0 Å². The van der Waals surface area contributed by atoms with Crippen molar-refractivity contribution in [3.63, 3.8) is 0 Å². The highest BCUT2D eigenvalue weighted by molar-refractivity contribution is 5.91. The van der Waals surface area contributed by atoms with Gasteiger partial charge in [0.2, 0.25) is 0 Å². The molecule has 0 saturated heterocycles. The third-order valence-electron chi connectivity index (χ3n) is 5.58. The molecule has 1 aliphatic heterocycles. The first-order chi connectivity index (χ1) is 10.1. The van der Waals surface area contributed by atoms with Crippen LogP contribution in [0.25, 0.3) is 0 Å². The Morgan fingerprint density at radius 3 is 2.81 bits per heavy atom. The van der Waals surface area contributed by atoms with Gasteiger partial charge < -0.3 is 10.0 Å². The minimum absolute atomic E-state index is 0.494. The average molecular weight is 287 g/mol. The Labute approximate surface area is 127 Å². The Hall–Kier alpha value is -1.51. The van der Waals surface area contributed by atoms with Crippen LogP contribution in [-0.4, -0.2) is 23.7 Å². The fraction of sp³-hybridized carbons (Fsp3) is 0.611. The first kappa shape index (κ1) is 14.4. The Morgan fingerprint density at radius 1 is 1.24 bits per heavy atom. The minimum Gasteiger partial charge on any atom is -0.478 e. The van der Waals surface area contributed by atoms with Crippen LogP contribution in [-0.2, 0) is 6.42 Å². The molecule has 1 saturated carbocycles. The maximum atomic E-state index is 11.5. The molecule has 3 unspecified atom stereocenters. The van der Waals surface area contributed by atoms with Crippen molar-refractivity contribution in [2.24, 2.45) is 11.8 Å². The Kier molecular flexibility index (Phi) is 3.92. The molecule has 1 fully saturated rings. The number of carboxylic acids is 1. The van der Waals surface area contributed by atoms with E-state index >= 15 is 0 Å². The topological polar surface area (TPSA) is 40.5 Å². The third kappa shape index (κ3) is 2.54. The predicted molar refractivity (Wildman–Crippen MR) is 85.0 cm³/mol. The maximum Gasteiger partial charge on any atom is 0.336 e. The molecule has 0 radical (unpaired) electrons. The summed E-state index contributed by atoms with van der Waals surface area (Å²) < 4.78 is 0. The number of anilines is 1. The van der Waals surface area contributed by atoms with Crippen molar-refractivity contribution in [2.75, 3.05) is 11.4 Å². The number of rotatable bonds is 2. The van der Waals surface area contributed by atoms with Gasteiger partial charge in [-0.25, -0.2) is 4.79 Å². The van der Waals surface area contributed by atoms with Crippen LogP contribution in [0.4, 0.5) is 5.69 Å². The highest BCUT2D eigenvalue weighted by Crippen LogP contribution is 2.39. The number of aromatic carboxylic acids is 1. The molecular formula is C18H25NO2. The van der Waals surface area contributed by atoms with Gasteiger partial charge in [0.25, 0.3) is 0 Å². The number of benzene rings is 1. The highest BCUT2D eigenvalue weighted by atomic mass is 16.4. The van der Waals surface area contributed by atoms with Crippen molar-refractivity contribution in [3.8, 4) is 0 Å². The van der Waals surface area contributed by atoms with Crippen molar-refractivity contribution in [1.82, 2.24) is 0 Å². The van der Waals surface area contributed by atoms with E-state index in [4.69, 9.17) is 0 Å². The molecule has 1 heterocycles. The molecule has 3 atom stereocenters. The number of carbonyl (C=O) groups is 1. The molecule has 0 aromatic heterocycles. The fourth-order valence-electron chi connectivity index (χ4n) is 4.19. The quantitative estimate of drug-likeness (QED) is 0.895. The van der Waals surface area contributed by atoms with E-state index in [1.54, 1.807) is 6.07 Å². The summed E-state index contributed by atoms with van der Waals surface area (Å²) in [6.45, 7) is 5.79. The van der Waals surface area contributed by atoms with Gasteiger partial charge in [0.1, 0.15) is 0 Å². The summed E-state index contributed by atoms with van der Waals surface area (Å²) in [7, 11) is 0. The van der Waals surface area contributed by atoms with Crippen molar-refractivity contribution < 1.29 is 9.90 Å². The molecule has 2 aliphatic rings. The van der Waals surface area contributed by atoms with Gasteiger partial charge in [-0.05, 0) is 48.8 Å². The second-order valence-corrected chi connectivity index (χ2v) is 6.74. The lowest BCUT2D eigenvalue weighted by Crippen LogP contribution is -2.46. The Balaban J connectivity index is 1.97. The molecule has 21 heavy (non-hydrogen) atoms. The van der Waals surface area contributed by atoms with Crippen molar-refractivity contribution in [3.05, 3.63) is 29.3 Å². The zero-order chi connectivity index (χ0) is 15.0. The van der Waals surface area contributed by atoms with Crippen LogP contribution in [0.15, 0.2) is 18.2 Å². The first-order valence-corrected chi connectivity index (χ1v) is 8.21.